The first-order valence-corrected chi connectivity index (χ1v) is 11.2. The lowest BCUT2D eigenvalue weighted by Crippen LogP contribution is -2.47. The summed E-state index contributed by atoms with van der Waals surface area (Å²) in [6.07, 6.45) is 6.98. The highest BCUT2D eigenvalue weighted by molar-refractivity contribution is 5.68. The molecule has 172 valence electrons. The number of carbonyl (C=O) groups excluding carboxylic acids is 1. The number of aromatic nitrogens is 3. The molecule has 3 heterocycles. The van der Waals surface area contributed by atoms with E-state index >= 15 is 0 Å². The van der Waals surface area contributed by atoms with Gasteiger partial charge in [0.2, 0.25) is 5.95 Å². The van der Waals surface area contributed by atoms with Gasteiger partial charge in [-0.05, 0) is 50.1 Å². The van der Waals surface area contributed by atoms with Gasteiger partial charge in [0, 0.05) is 56.9 Å². The van der Waals surface area contributed by atoms with Crippen LogP contribution in [0.1, 0.15) is 26.3 Å². The number of hydrogen-bond acceptors (Lipinski definition) is 7. The van der Waals surface area contributed by atoms with Gasteiger partial charge < -0.3 is 19.9 Å². The van der Waals surface area contributed by atoms with Gasteiger partial charge in [0.15, 0.2) is 0 Å². The lowest BCUT2D eigenvalue weighted by molar-refractivity contribution is 0.0523. The Hall–Kier alpha value is -3.68. The van der Waals surface area contributed by atoms with Crippen LogP contribution in [-0.2, 0) is 11.3 Å². The van der Waals surface area contributed by atoms with Crippen LogP contribution in [0.25, 0.3) is 11.1 Å². The Balaban J connectivity index is 1.35. The van der Waals surface area contributed by atoms with Gasteiger partial charge in [-0.1, -0.05) is 18.2 Å². The molecule has 3 aromatic rings. The predicted molar refractivity (Wildman–Crippen MR) is 129 cm³/mol. The lowest BCUT2D eigenvalue weighted by atomic mass is 10.1. The molecule has 0 bridgehead atoms. The SMILES string of the molecule is CC(C)(C)OC(=O)NCc1cccc(-c2cnc(N3CCN(c4cccnc4)CC3)nc2)c1. The number of alkyl carbamates (subject to hydrolysis) is 1. The maximum Gasteiger partial charge on any atom is 0.407 e. The van der Waals surface area contributed by atoms with Crippen LogP contribution < -0.4 is 15.1 Å². The minimum atomic E-state index is -0.517. The molecule has 0 aliphatic carbocycles. The number of amides is 1. The Morgan fingerprint density at radius 2 is 1.70 bits per heavy atom. The van der Waals surface area contributed by atoms with Crippen LogP contribution in [0, 0.1) is 0 Å². The summed E-state index contributed by atoms with van der Waals surface area (Å²) in [5, 5.41) is 2.79. The molecule has 1 aliphatic rings. The largest absolute Gasteiger partial charge is 0.444 e. The quantitative estimate of drug-likeness (QED) is 0.637. The van der Waals surface area contributed by atoms with Gasteiger partial charge in [0.05, 0.1) is 11.9 Å². The van der Waals surface area contributed by atoms with E-state index in [9.17, 15) is 4.79 Å². The smallest absolute Gasteiger partial charge is 0.407 e. The average molecular weight is 447 g/mol. The molecule has 33 heavy (non-hydrogen) atoms. The van der Waals surface area contributed by atoms with Crippen LogP contribution in [-0.4, -0.2) is 52.8 Å². The standard InChI is InChI=1S/C25H30N6O2/c1-25(2,3)33-24(32)29-15-19-6-4-7-20(14-19)21-16-27-23(28-17-21)31-12-10-30(11-13-31)22-8-5-9-26-18-22/h4-9,14,16-18H,10-13,15H2,1-3H3,(H,29,32). The molecule has 4 rings (SSSR count). The average Bonchev–Trinajstić information content (AvgIpc) is 2.83. The van der Waals surface area contributed by atoms with E-state index in [4.69, 9.17) is 4.74 Å². The molecule has 1 N–H and O–H groups in total. The molecule has 0 unspecified atom stereocenters. The van der Waals surface area contributed by atoms with Crippen molar-refractivity contribution in [3.63, 3.8) is 0 Å². The summed E-state index contributed by atoms with van der Waals surface area (Å²) >= 11 is 0. The fraction of sp³-hybridized carbons (Fsp3) is 0.360. The Morgan fingerprint density at radius 1 is 0.970 bits per heavy atom. The summed E-state index contributed by atoms with van der Waals surface area (Å²) in [6.45, 7) is 9.46. The molecule has 0 radical (unpaired) electrons. The number of piperazine rings is 1. The van der Waals surface area contributed by atoms with Gasteiger partial charge in [-0.3, -0.25) is 4.98 Å². The van der Waals surface area contributed by atoms with Crippen molar-refractivity contribution in [2.45, 2.75) is 32.9 Å². The fourth-order valence-corrected chi connectivity index (χ4v) is 3.69. The summed E-state index contributed by atoms with van der Waals surface area (Å²) < 4.78 is 5.30. The molecular weight excluding hydrogens is 416 g/mol. The van der Waals surface area contributed by atoms with E-state index in [-0.39, 0.29) is 0 Å². The second-order valence-corrected chi connectivity index (χ2v) is 9.01. The zero-order valence-electron chi connectivity index (χ0n) is 19.4. The van der Waals surface area contributed by atoms with E-state index in [1.165, 1.54) is 0 Å². The highest BCUT2D eigenvalue weighted by atomic mass is 16.6. The van der Waals surface area contributed by atoms with Crippen LogP contribution in [0.4, 0.5) is 16.4 Å². The minimum Gasteiger partial charge on any atom is -0.444 e. The Labute approximate surface area is 194 Å². The third-order valence-electron chi connectivity index (χ3n) is 5.31. The summed E-state index contributed by atoms with van der Waals surface area (Å²) in [7, 11) is 0. The van der Waals surface area contributed by atoms with Crippen molar-refractivity contribution in [1.82, 2.24) is 20.3 Å². The van der Waals surface area contributed by atoms with Crippen LogP contribution in [0.15, 0.2) is 61.2 Å². The van der Waals surface area contributed by atoms with Gasteiger partial charge in [-0.25, -0.2) is 14.8 Å². The molecule has 0 saturated carbocycles. The third kappa shape index (κ3) is 6.19. The number of anilines is 2. The second-order valence-electron chi connectivity index (χ2n) is 9.01. The van der Waals surface area contributed by atoms with E-state index in [1.807, 2.05) is 69.7 Å². The van der Waals surface area contributed by atoms with Crippen molar-refractivity contribution < 1.29 is 9.53 Å². The molecule has 2 aromatic heterocycles. The lowest BCUT2D eigenvalue weighted by Gasteiger charge is -2.35. The zero-order valence-corrected chi connectivity index (χ0v) is 19.4. The molecule has 8 nitrogen and oxygen atoms in total. The second kappa shape index (κ2) is 9.85. The van der Waals surface area contributed by atoms with Crippen molar-refractivity contribution >= 4 is 17.7 Å². The van der Waals surface area contributed by atoms with E-state index in [0.29, 0.717) is 6.54 Å². The number of benzene rings is 1. The molecule has 1 saturated heterocycles. The van der Waals surface area contributed by atoms with E-state index in [2.05, 4.69) is 36.1 Å². The molecule has 0 spiro atoms. The van der Waals surface area contributed by atoms with Gasteiger partial charge in [0.25, 0.3) is 0 Å². The number of rotatable bonds is 5. The summed E-state index contributed by atoms with van der Waals surface area (Å²) in [4.78, 5) is 29.9. The Morgan fingerprint density at radius 3 is 2.36 bits per heavy atom. The Kier molecular flexibility index (Phi) is 6.72. The highest BCUT2D eigenvalue weighted by Crippen LogP contribution is 2.22. The first-order valence-electron chi connectivity index (χ1n) is 11.2. The Bertz CT molecular complexity index is 1060. The predicted octanol–water partition coefficient (Wildman–Crippen LogP) is 3.89. The summed E-state index contributed by atoms with van der Waals surface area (Å²) in [5.41, 5.74) is 3.55. The first-order chi connectivity index (χ1) is 15.9. The molecule has 0 atom stereocenters. The topological polar surface area (TPSA) is 83.5 Å². The van der Waals surface area contributed by atoms with Crippen LogP contribution >= 0.6 is 0 Å². The number of carbonyl (C=O) groups is 1. The van der Waals surface area contributed by atoms with Crippen molar-refractivity contribution in [3.8, 4) is 11.1 Å². The van der Waals surface area contributed by atoms with Gasteiger partial charge in [0.1, 0.15) is 5.60 Å². The molecule has 8 heteroatoms. The number of nitrogens with one attached hydrogen (secondary N) is 1. The van der Waals surface area contributed by atoms with E-state index in [1.54, 1.807) is 6.20 Å². The highest BCUT2D eigenvalue weighted by Gasteiger charge is 2.19. The maximum absolute atomic E-state index is 11.9. The first kappa shape index (κ1) is 22.5. The van der Waals surface area contributed by atoms with Gasteiger partial charge >= 0.3 is 6.09 Å². The van der Waals surface area contributed by atoms with Crippen LogP contribution in [0.3, 0.4) is 0 Å². The monoisotopic (exact) mass is 446 g/mol. The number of pyridine rings is 1. The van der Waals surface area contributed by atoms with Crippen molar-refractivity contribution in [3.05, 3.63) is 66.7 Å². The van der Waals surface area contributed by atoms with E-state index < -0.39 is 11.7 Å². The maximum atomic E-state index is 11.9. The third-order valence-corrected chi connectivity index (χ3v) is 5.31. The number of nitrogens with zero attached hydrogens (tertiary/aromatic N) is 5. The summed E-state index contributed by atoms with van der Waals surface area (Å²) in [5.74, 6) is 0.743. The van der Waals surface area contributed by atoms with E-state index in [0.717, 1.165) is 54.5 Å². The molecule has 1 amide bonds. The van der Waals surface area contributed by atoms with Crippen molar-refractivity contribution in [1.29, 1.82) is 0 Å². The minimum absolute atomic E-state index is 0.392. The normalized spacial score (nSPS) is 14.2. The summed E-state index contributed by atoms with van der Waals surface area (Å²) in [6, 6.07) is 12.0. The van der Waals surface area contributed by atoms with Gasteiger partial charge in [-0.2, -0.15) is 0 Å². The van der Waals surface area contributed by atoms with Crippen LogP contribution in [0.5, 0.6) is 0 Å². The number of ether oxygens (including phenoxy) is 1. The number of hydrogen-bond donors (Lipinski definition) is 1. The van der Waals surface area contributed by atoms with Crippen LogP contribution in [0.2, 0.25) is 0 Å². The zero-order chi connectivity index (χ0) is 23.3. The van der Waals surface area contributed by atoms with Crippen molar-refractivity contribution in [2.75, 3.05) is 36.0 Å². The fourth-order valence-electron chi connectivity index (χ4n) is 3.69. The molecule has 1 aromatic carbocycles. The molecule has 1 fully saturated rings. The molecule has 1 aliphatic heterocycles. The molecular formula is C25H30N6O2. The van der Waals surface area contributed by atoms with Crippen molar-refractivity contribution in [2.24, 2.45) is 0 Å². The van der Waals surface area contributed by atoms with Gasteiger partial charge in [-0.15, -0.1) is 0 Å².